The molecular formula is C16H30N2. The minimum absolute atomic E-state index is 0.780. The molecule has 3 rings (SSSR count). The first-order valence-electron chi connectivity index (χ1n) is 8.30. The Morgan fingerprint density at radius 3 is 2.44 bits per heavy atom. The van der Waals surface area contributed by atoms with E-state index in [0.717, 1.165) is 23.9 Å². The maximum atomic E-state index is 3.84. The molecule has 1 aliphatic heterocycles. The minimum atomic E-state index is 0.780. The number of rotatable bonds is 5. The Balaban J connectivity index is 1.42. The molecule has 104 valence electrons. The summed E-state index contributed by atoms with van der Waals surface area (Å²) in [6.45, 7) is 6.41. The Labute approximate surface area is 113 Å². The van der Waals surface area contributed by atoms with Gasteiger partial charge in [0, 0.05) is 18.6 Å². The third-order valence-corrected chi connectivity index (χ3v) is 5.78. The quantitative estimate of drug-likeness (QED) is 0.807. The molecule has 0 aromatic rings. The molecule has 2 saturated carbocycles. The van der Waals surface area contributed by atoms with Crippen LogP contribution in [0.15, 0.2) is 0 Å². The molecule has 2 nitrogen and oxygen atoms in total. The lowest BCUT2D eigenvalue weighted by molar-refractivity contribution is 0.0744. The number of nitrogens with one attached hydrogen (secondary N) is 1. The fourth-order valence-electron chi connectivity index (χ4n) is 3.79. The van der Waals surface area contributed by atoms with Gasteiger partial charge in [-0.1, -0.05) is 12.8 Å². The number of hydrogen-bond donors (Lipinski definition) is 1. The van der Waals surface area contributed by atoms with E-state index in [4.69, 9.17) is 0 Å². The van der Waals surface area contributed by atoms with Crippen LogP contribution in [0.25, 0.3) is 0 Å². The van der Waals surface area contributed by atoms with Crippen molar-refractivity contribution in [1.29, 1.82) is 0 Å². The Morgan fingerprint density at radius 2 is 1.83 bits per heavy atom. The predicted octanol–water partition coefficient (Wildman–Crippen LogP) is 3.03. The zero-order chi connectivity index (χ0) is 12.4. The Hall–Kier alpha value is -0.0800. The summed E-state index contributed by atoms with van der Waals surface area (Å²) in [5.74, 6) is 2.01. The van der Waals surface area contributed by atoms with Crippen molar-refractivity contribution in [3.05, 3.63) is 0 Å². The molecule has 1 N–H and O–H groups in total. The second-order valence-corrected chi connectivity index (χ2v) is 6.97. The summed E-state index contributed by atoms with van der Waals surface area (Å²) >= 11 is 0. The lowest BCUT2D eigenvalue weighted by Gasteiger charge is -2.43. The highest BCUT2D eigenvalue weighted by Gasteiger charge is 2.31. The molecule has 0 radical (unpaired) electrons. The fraction of sp³-hybridized carbons (Fsp3) is 1.00. The Bertz CT molecular complexity index is 258. The smallest absolute Gasteiger partial charge is 0.0195 e. The van der Waals surface area contributed by atoms with Crippen molar-refractivity contribution >= 4 is 0 Å². The molecule has 3 aliphatic rings. The summed E-state index contributed by atoms with van der Waals surface area (Å²) in [6.07, 6.45) is 11.7. The average molecular weight is 250 g/mol. The van der Waals surface area contributed by atoms with Gasteiger partial charge in [0.1, 0.15) is 0 Å². The molecule has 0 aromatic heterocycles. The molecule has 0 bridgehead atoms. The zero-order valence-corrected chi connectivity index (χ0v) is 12.0. The van der Waals surface area contributed by atoms with Crippen molar-refractivity contribution in [3.63, 3.8) is 0 Å². The highest BCUT2D eigenvalue weighted by molar-refractivity contribution is 4.87. The summed E-state index contributed by atoms with van der Waals surface area (Å²) in [5.41, 5.74) is 0. The molecule has 1 heterocycles. The summed E-state index contributed by atoms with van der Waals surface area (Å²) in [6, 6.07) is 1.62. The average Bonchev–Trinajstić information content (AvgIpc) is 2.25. The maximum absolute atomic E-state index is 3.84. The number of likely N-dealkylation sites (tertiary alicyclic amines) is 1. The van der Waals surface area contributed by atoms with E-state index < -0.39 is 0 Å². The van der Waals surface area contributed by atoms with Gasteiger partial charge in [-0.2, -0.15) is 0 Å². The lowest BCUT2D eigenvalue weighted by atomic mass is 9.79. The minimum Gasteiger partial charge on any atom is -0.312 e. The third kappa shape index (κ3) is 2.91. The van der Waals surface area contributed by atoms with Crippen LogP contribution < -0.4 is 5.32 Å². The van der Waals surface area contributed by atoms with Crippen molar-refractivity contribution in [3.8, 4) is 0 Å². The van der Waals surface area contributed by atoms with E-state index in [1.807, 2.05) is 0 Å². The molecule has 18 heavy (non-hydrogen) atoms. The first-order valence-corrected chi connectivity index (χ1v) is 8.30. The molecule has 2 unspecified atom stereocenters. The molecule has 0 amide bonds. The van der Waals surface area contributed by atoms with E-state index in [1.54, 1.807) is 0 Å². The fourth-order valence-corrected chi connectivity index (χ4v) is 3.79. The van der Waals surface area contributed by atoms with Crippen molar-refractivity contribution in [1.82, 2.24) is 10.2 Å². The van der Waals surface area contributed by atoms with Crippen molar-refractivity contribution in [2.45, 2.75) is 70.4 Å². The topological polar surface area (TPSA) is 15.3 Å². The van der Waals surface area contributed by atoms with E-state index in [2.05, 4.69) is 17.1 Å². The largest absolute Gasteiger partial charge is 0.312 e. The van der Waals surface area contributed by atoms with Crippen molar-refractivity contribution in [2.75, 3.05) is 19.6 Å². The molecular weight excluding hydrogens is 220 g/mol. The van der Waals surface area contributed by atoms with Gasteiger partial charge < -0.3 is 5.32 Å². The summed E-state index contributed by atoms with van der Waals surface area (Å²) in [5, 5.41) is 3.84. The monoisotopic (exact) mass is 250 g/mol. The molecule has 2 atom stereocenters. The molecule has 2 aliphatic carbocycles. The van der Waals surface area contributed by atoms with Gasteiger partial charge >= 0.3 is 0 Å². The van der Waals surface area contributed by atoms with Crippen LogP contribution in [0.4, 0.5) is 0 Å². The van der Waals surface area contributed by atoms with Gasteiger partial charge in [0.2, 0.25) is 0 Å². The molecule has 0 spiro atoms. The second-order valence-electron chi connectivity index (χ2n) is 6.97. The van der Waals surface area contributed by atoms with Gasteiger partial charge in [0.05, 0.1) is 0 Å². The van der Waals surface area contributed by atoms with Crippen LogP contribution in [0.5, 0.6) is 0 Å². The van der Waals surface area contributed by atoms with Crippen LogP contribution in [-0.4, -0.2) is 36.6 Å². The Kier molecular flexibility index (Phi) is 4.25. The zero-order valence-electron chi connectivity index (χ0n) is 12.0. The van der Waals surface area contributed by atoms with Gasteiger partial charge in [-0.15, -0.1) is 0 Å². The van der Waals surface area contributed by atoms with Crippen molar-refractivity contribution in [2.24, 2.45) is 11.8 Å². The van der Waals surface area contributed by atoms with Crippen LogP contribution in [0.2, 0.25) is 0 Å². The van der Waals surface area contributed by atoms with E-state index in [0.29, 0.717) is 0 Å². The standard InChI is InChI=1S/C16H30N2/c1-13(15-7-3-8-15)18-10-4-9-16(12-18)17-11-14-5-2-6-14/h13-17H,2-12H2,1H3. The number of hydrogen-bond acceptors (Lipinski definition) is 2. The van der Waals surface area contributed by atoms with Crippen molar-refractivity contribution < 1.29 is 0 Å². The van der Waals surface area contributed by atoms with Crippen LogP contribution in [0.1, 0.15) is 58.3 Å². The lowest BCUT2D eigenvalue weighted by Crippen LogP contribution is -2.52. The van der Waals surface area contributed by atoms with Crippen LogP contribution in [0, 0.1) is 11.8 Å². The molecule has 0 aromatic carbocycles. The predicted molar refractivity (Wildman–Crippen MR) is 76.7 cm³/mol. The number of piperidine rings is 1. The SMILES string of the molecule is CC(C1CCC1)N1CCCC(NCC2CCC2)C1. The van der Waals surface area contributed by atoms with E-state index in [9.17, 15) is 0 Å². The van der Waals surface area contributed by atoms with E-state index >= 15 is 0 Å². The summed E-state index contributed by atoms with van der Waals surface area (Å²) in [4.78, 5) is 2.77. The summed E-state index contributed by atoms with van der Waals surface area (Å²) in [7, 11) is 0. The third-order valence-electron chi connectivity index (χ3n) is 5.78. The van der Waals surface area contributed by atoms with Crippen LogP contribution >= 0.6 is 0 Å². The molecule has 3 fully saturated rings. The highest BCUT2D eigenvalue weighted by Crippen LogP contribution is 2.33. The second kappa shape index (κ2) is 5.92. The van der Waals surface area contributed by atoms with Gasteiger partial charge in [-0.25, -0.2) is 0 Å². The molecule has 2 heteroatoms. The summed E-state index contributed by atoms with van der Waals surface area (Å²) < 4.78 is 0. The first kappa shape index (κ1) is 12.9. The van der Waals surface area contributed by atoms with Crippen LogP contribution in [-0.2, 0) is 0 Å². The van der Waals surface area contributed by atoms with Crippen LogP contribution in [0.3, 0.4) is 0 Å². The number of nitrogens with zero attached hydrogens (tertiary/aromatic N) is 1. The normalized spacial score (nSPS) is 32.8. The van der Waals surface area contributed by atoms with Gasteiger partial charge in [0.15, 0.2) is 0 Å². The molecule has 1 saturated heterocycles. The van der Waals surface area contributed by atoms with Gasteiger partial charge in [0.25, 0.3) is 0 Å². The van der Waals surface area contributed by atoms with E-state index in [1.165, 1.54) is 71.0 Å². The first-order chi connectivity index (χ1) is 8.83. The van der Waals surface area contributed by atoms with Gasteiger partial charge in [-0.3, -0.25) is 4.90 Å². The Morgan fingerprint density at radius 1 is 1.06 bits per heavy atom. The van der Waals surface area contributed by atoms with Gasteiger partial charge in [-0.05, 0) is 70.4 Å². The maximum Gasteiger partial charge on any atom is 0.0195 e. The highest BCUT2D eigenvalue weighted by atomic mass is 15.2. The van der Waals surface area contributed by atoms with E-state index in [-0.39, 0.29) is 0 Å².